The minimum atomic E-state index is -0.887. The van der Waals surface area contributed by atoms with Crippen molar-refractivity contribution in [3.8, 4) is 11.5 Å². The van der Waals surface area contributed by atoms with E-state index in [2.05, 4.69) is 0 Å². The molecule has 1 amide bonds. The van der Waals surface area contributed by atoms with Crippen molar-refractivity contribution in [2.24, 2.45) is 0 Å². The molecular formula is C24H23NO5. The fraction of sp³-hybridized carbons (Fsp3) is 0.250. The first-order valence-electron chi connectivity index (χ1n) is 10.0. The van der Waals surface area contributed by atoms with Crippen molar-refractivity contribution < 1.29 is 24.2 Å². The van der Waals surface area contributed by atoms with Crippen LogP contribution in [0, 0.1) is 0 Å². The van der Waals surface area contributed by atoms with E-state index in [1.807, 2.05) is 38.1 Å². The molecule has 6 nitrogen and oxygen atoms in total. The number of amides is 1. The van der Waals surface area contributed by atoms with Crippen LogP contribution in [0.5, 0.6) is 11.5 Å². The summed E-state index contributed by atoms with van der Waals surface area (Å²) in [6.45, 7) is 5.13. The molecule has 0 saturated heterocycles. The van der Waals surface area contributed by atoms with Crippen molar-refractivity contribution in [1.29, 1.82) is 0 Å². The number of carboxylic acids is 1. The number of carbonyl (C=O) groups is 2. The fourth-order valence-corrected chi connectivity index (χ4v) is 3.95. The molecule has 0 fully saturated rings. The third-order valence-corrected chi connectivity index (χ3v) is 5.18. The molecule has 3 aromatic rings. The first-order chi connectivity index (χ1) is 14.5. The Morgan fingerprint density at radius 2 is 1.57 bits per heavy atom. The molecule has 1 N–H and O–H groups in total. The monoisotopic (exact) mass is 405 g/mol. The van der Waals surface area contributed by atoms with E-state index in [1.54, 1.807) is 29.2 Å². The normalized spacial score (nSPS) is 12.9. The van der Waals surface area contributed by atoms with Gasteiger partial charge in [-0.15, -0.1) is 0 Å². The van der Waals surface area contributed by atoms with Crippen LogP contribution in [-0.4, -0.2) is 30.2 Å². The number of nitrogens with zero attached hydrogens (tertiary/aromatic N) is 1. The summed E-state index contributed by atoms with van der Waals surface area (Å²) in [5, 5.41) is 10.7. The van der Waals surface area contributed by atoms with Gasteiger partial charge in [0.25, 0.3) is 5.91 Å². The van der Waals surface area contributed by atoms with E-state index in [1.165, 1.54) is 0 Å². The zero-order chi connectivity index (χ0) is 21.3. The second-order valence-electron chi connectivity index (χ2n) is 7.05. The highest BCUT2D eigenvalue weighted by Crippen LogP contribution is 2.46. The maximum Gasteiger partial charge on any atom is 0.307 e. The van der Waals surface area contributed by atoms with Crippen molar-refractivity contribution in [2.45, 2.75) is 26.8 Å². The Morgan fingerprint density at radius 1 is 0.967 bits per heavy atom. The lowest BCUT2D eigenvalue weighted by Gasteiger charge is -2.16. The molecule has 0 radical (unpaired) electrons. The number of hydrogen-bond donors (Lipinski definition) is 1. The fourth-order valence-electron chi connectivity index (χ4n) is 3.95. The van der Waals surface area contributed by atoms with Crippen LogP contribution in [0.25, 0.3) is 10.8 Å². The van der Waals surface area contributed by atoms with E-state index >= 15 is 0 Å². The van der Waals surface area contributed by atoms with E-state index < -0.39 is 5.97 Å². The van der Waals surface area contributed by atoms with Crippen LogP contribution in [0.15, 0.2) is 48.5 Å². The van der Waals surface area contributed by atoms with Crippen LogP contribution in [0.4, 0.5) is 5.69 Å². The lowest BCUT2D eigenvalue weighted by Crippen LogP contribution is -2.23. The second kappa shape index (κ2) is 8.06. The molecule has 0 bridgehead atoms. The number of hydrogen-bond acceptors (Lipinski definition) is 4. The average molecular weight is 405 g/mol. The summed E-state index contributed by atoms with van der Waals surface area (Å²) in [7, 11) is 0. The Morgan fingerprint density at radius 3 is 2.17 bits per heavy atom. The van der Waals surface area contributed by atoms with Crippen molar-refractivity contribution in [1.82, 2.24) is 0 Å². The Labute approximate surface area is 174 Å². The number of carbonyl (C=O) groups excluding carboxylic acids is 1. The Hall–Kier alpha value is -3.54. The molecule has 1 aliphatic heterocycles. The van der Waals surface area contributed by atoms with Crippen LogP contribution >= 0.6 is 0 Å². The zero-order valence-corrected chi connectivity index (χ0v) is 17.0. The van der Waals surface area contributed by atoms with Crippen molar-refractivity contribution >= 4 is 28.3 Å². The Balaban J connectivity index is 1.83. The number of carboxylic acid groups (broad SMARTS) is 1. The molecule has 3 aromatic carbocycles. The van der Waals surface area contributed by atoms with Crippen LogP contribution in [0.3, 0.4) is 0 Å². The van der Waals surface area contributed by atoms with Gasteiger partial charge in [-0.05, 0) is 31.5 Å². The van der Waals surface area contributed by atoms with Crippen molar-refractivity contribution in [3.05, 3.63) is 65.2 Å². The summed E-state index contributed by atoms with van der Waals surface area (Å²) in [5.41, 5.74) is 2.75. The Kier molecular flexibility index (Phi) is 5.31. The average Bonchev–Trinajstić information content (AvgIpc) is 3.08. The summed E-state index contributed by atoms with van der Waals surface area (Å²) in [6, 6.07) is 14.8. The van der Waals surface area contributed by atoms with Crippen LogP contribution in [-0.2, 0) is 17.8 Å². The van der Waals surface area contributed by atoms with E-state index in [4.69, 9.17) is 14.6 Å². The molecule has 1 heterocycles. The zero-order valence-electron chi connectivity index (χ0n) is 17.0. The highest BCUT2D eigenvalue weighted by molar-refractivity contribution is 6.16. The molecular weight excluding hydrogens is 382 g/mol. The van der Waals surface area contributed by atoms with Crippen LogP contribution in [0.1, 0.15) is 35.3 Å². The summed E-state index contributed by atoms with van der Waals surface area (Å²) >= 11 is 0. The maximum absolute atomic E-state index is 13.5. The SMILES string of the molecule is CCOc1c2c(c(OCC)c3ccccc13)C(=O)N(c1ccc(CC(=O)O)cc1)C2. The van der Waals surface area contributed by atoms with Crippen molar-refractivity contribution in [3.63, 3.8) is 0 Å². The number of fused-ring (bicyclic) bond motifs is 2. The number of benzene rings is 3. The molecule has 0 atom stereocenters. The van der Waals surface area contributed by atoms with E-state index in [9.17, 15) is 9.59 Å². The molecule has 6 heteroatoms. The van der Waals surface area contributed by atoms with Gasteiger partial charge in [0.05, 0.1) is 31.7 Å². The highest BCUT2D eigenvalue weighted by atomic mass is 16.5. The predicted molar refractivity (Wildman–Crippen MR) is 115 cm³/mol. The quantitative estimate of drug-likeness (QED) is 0.630. The van der Waals surface area contributed by atoms with Gasteiger partial charge in [0, 0.05) is 22.0 Å². The van der Waals surface area contributed by atoms with E-state index in [0.717, 1.165) is 16.3 Å². The van der Waals surface area contributed by atoms with E-state index in [0.29, 0.717) is 48.1 Å². The van der Waals surface area contributed by atoms with Gasteiger partial charge in [0.2, 0.25) is 0 Å². The molecule has 0 unspecified atom stereocenters. The molecule has 154 valence electrons. The Bertz CT molecular complexity index is 1120. The molecule has 0 aliphatic carbocycles. The third kappa shape index (κ3) is 3.34. The predicted octanol–water partition coefficient (Wildman–Crippen LogP) is 4.42. The molecule has 0 saturated carbocycles. The summed E-state index contributed by atoms with van der Waals surface area (Å²) in [4.78, 5) is 26.1. The van der Waals surface area contributed by atoms with E-state index in [-0.39, 0.29) is 12.3 Å². The van der Waals surface area contributed by atoms with Gasteiger partial charge in [-0.25, -0.2) is 0 Å². The smallest absolute Gasteiger partial charge is 0.307 e. The van der Waals surface area contributed by atoms with Gasteiger partial charge in [0.1, 0.15) is 11.5 Å². The number of anilines is 1. The summed E-state index contributed by atoms with van der Waals surface area (Å²) < 4.78 is 11.9. The largest absolute Gasteiger partial charge is 0.493 e. The lowest BCUT2D eigenvalue weighted by molar-refractivity contribution is -0.136. The van der Waals surface area contributed by atoms with Gasteiger partial charge < -0.3 is 19.5 Å². The summed E-state index contributed by atoms with van der Waals surface area (Å²) in [6.07, 6.45) is -0.0528. The van der Waals surface area contributed by atoms with Gasteiger partial charge in [-0.3, -0.25) is 9.59 Å². The van der Waals surface area contributed by atoms with Gasteiger partial charge in [-0.2, -0.15) is 0 Å². The molecule has 4 rings (SSSR count). The lowest BCUT2D eigenvalue weighted by atomic mass is 9.99. The molecule has 30 heavy (non-hydrogen) atoms. The molecule has 0 aromatic heterocycles. The van der Waals surface area contributed by atoms with Crippen LogP contribution < -0.4 is 14.4 Å². The van der Waals surface area contributed by atoms with Crippen LogP contribution in [0.2, 0.25) is 0 Å². The number of ether oxygens (including phenoxy) is 2. The molecule has 0 spiro atoms. The minimum Gasteiger partial charge on any atom is -0.493 e. The second-order valence-corrected chi connectivity index (χ2v) is 7.05. The standard InChI is InChI=1S/C24H23NO5/c1-3-29-22-17-7-5-6-8-18(17)23(30-4-2)21-19(22)14-25(24(21)28)16-11-9-15(10-12-16)13-20(26)27/h5-12H,3-4,13-14H2,1-2H3,(H,26,27). The number of rotatable bonds is 7. The first-order valence-corrected chi connectivity index (χ1v) is 10.0. The minimum absolute atomic E-state index is 0.0528. The van der Waals surface area contributed by atoms with Gasteiger partial charge in [-0.1, -0.05) is 36.4 Å². The number of aliphatic carboxylic acids is 1. The van der Waals surface area contributed by atoms with Gasteiger partial charge in [0.15, 0.2) is 0 Å². The maximum atomic E-state index is 13.5. The molecule has 1 aliphatic rings. The highest BCUT2D eigenvalue weighted by Gasteiger charge is 2.36. The third-order valence-electron chi connectivity index (χ3n) is 5.18. The van der Waals surface area contributed by atoms with Crippen molar-refractivity contribution in [2.75, 3.05) is 18.1 Å². The summed E-state index contributed by atoms with van der Waals surface area (Å²) in [5.74, 6) is 0.263. The topological polar surface area (TPSA) is 76.1 Å². The van der Waals surface area contributed by atoms with Gasteiger partial charge >= 0.3 is 5.97 Å². The first kappa shape index (κ1) is 19.8.